The maximum atomic E-state index is 12.1. The van der Waals surface area contributed by atoms with Gasteiger partial charge in [0.15, 0.2) is 5.69 Å². The number of rotatable bonds is 8. The molecule has 0 aliphatic rings. The van der Waals surface area contributed by atoms with Gasteiger partial charge < -0.3 is 15.3 Å². The average molecular weight is 266 g/mol. The maximum absolute atomic E-state index is 12.1. The summed E-state index contributed by atoms with van der Waals surface area (Å²) in [6, 6.07) is 3.41. The summed E-state index contributed by atoms with van der Waals surface area (Å²) in [5.41, 5.74) is 0.309. The van der Waals surface area contributed by atoms with Crippen molar-refractivity contribution in [3.63, 3.8) is 0 Å². The summed E-state index contributed by atoms with van der Waals surface area (Å²) in [4.78, 5) is 13.7. The zero-order chi connectivity index (χ0) is 14.1. The third-order valence-electron chi connectivity index (χ3n) is 2.59. The Morgan fingerprint density at radius 3 is 2.58 bits per heavy atom. The van der Waals surface area contributed by atoms with Crippen molar-refractivity contribution in [3.05, 3.63) is 17.8 Å². The molecule has 0 saturated heterocycles. The molecule has 6 heteroatoms. The van der Waals surface area contributed by atoms with Crippen LogP contribution in [0.5, 0.6) is 0 Å². The van der Waals surface area contributed by atoms with Gasteiger partial charge >= 0.3 is 0 Å². The first kappa shape index (κ1) is 15.4. The molecule has 1 amide bonds. The van der Waals surface area contributed by atoms with Crippen LogP contribution in [0.15, 0.2) is 12.1 Å². The molecule has 0 spiro atoms. The van der Waals surface area contributed by atoms with Crippen molar-refractivity contribution in [3.8, 4) is 0 Å². The Morgan fingerprint density at radius 2 is 2.05 bits per heavy atom. The van der Waals surface area contributed by atoms with Gasteiger partial charge in [-0.25, -0.2) is 0 Å². The molecular formula is C13H22N4O2. The second-order valence-corrected chi connectivity index (χ2v) is 4.25. The maximum Gasteiger partial charge on any atom is 0.274 e. The fourth-order valence-corrected chi connectivity index (χ4v) is 1.66. The summed E-state index contributed by atoms with van der Waals surface area (Å²) in [5, 5.41) is 20.0. The first-order chi connectivity index (χ1) is 9.22. The van der Waals surface area contributed by atoms with Crippen LogP contribution in [0.25, 0.3) is 0 Å². The molecule has 1 aromatic heterocycles. The first-order valence-corrected chi connectivity index (χ1v) is 6.70. The Kier molecular flexibility index (Phi) is 6.81. The van der Waals surface area contributed by atoms with Gasteiger partial charge in [-0.1, -0.05) is 13.8 Å². The van der Waals surface area contributed by atoms with E-state index in [-0.39, 0.29) is 12.5 Å². The standard InChI is InChI=1S/C13H22N4O2/c1-3-7-14-12-6-5-11(15-16-12)13(19)17(8-4-2)9-10-18/h5-6,18H,3-4,7-10H2,1-2H3,(H,14,16). The summed E-state index contributed by atoms with van der Waals surface area (Å²) in [6.07, 6.45) is 1.85. The van der Waals surface area contributed by atoms with Gasteiger partial charge in [-0.15, -0.1) is 10.2 Å². The minimum Gasteiger partial charge on any atom is -0.395 e. The van der Waals surface area contributed by atoms with Crippen LogP contribution in [0.4, 0.5) is 5.82 Å². The molecule has 1 rings (SSSR count). The first-order valence-electron chi connectivity index (χ1n) is 6.70. The molecule has 6 nitrogen and oxygen atoms in total. The largest absolute Gasteiger partial charge is 0.395 e. The minimum atomic E-state index is -0.189. The van der Waals surface area contributed by atoms with Crippen LogP contribution in [0.3, 0.4) is 0 Å². The lowest BCUT2D eigenvalue weighted by atomic mass is 10.3. The van der Waals surface area contributed by atoms with Gasteiger partial charge in [-0.3, -0.25) is 4.79 Å². The van der Waals surface area contributed by atoms with Crippen LogP contribution < -0.4 is 5.32 Å². The molecule has 0 unspecified atom stereocenters. The third kappa shape index (κ3) is 4.82. The Hall–Kier alpha value is -1.69. The quantitative estimate of drug-likeness (QED) is 0.738. The average Bonchev–Trinajstić information content (AvgIpc) is 2.44. The summed E-state index contributed by atoms with van der Waals surface area (Å²) in [6.45, 7) is 5.77. The summed E-state index contributed by atoms with van der Waals surface area (Å²) in [7, 11) is 0. The van der Waals surface area contributed by atoms with Crippen LogP contribution >= 0.6 is 0 Å². The lowest BCUT2D eigenvalue weighted by Gasteiger charge is -2.20. The number of nitrogens with one attached hydrogen (secondary N) is 1. The van der Waals surface area contributed by atoms with E-state index in [0.717, 1.165) is 19.4 Å². The zero-order valence-corrected chi connectivity index (χ0v) is 11.6. The van der Waals surface area contributed by atoms with Crippen molar-refractivity contribution in [2.75, 3.05) is 31.6 Å². The lowest BCUT2D eigenvalue weighted by molar-refractivity contribution is 0.0715. The van der Waals surface area contributed by atoms with E-state index in [9.17, 15) is 4.79 Å². The number of nitrogens with zero attached hydrogens (tertiary/aromatic N) is 3. The highest BCUT2D eigenvalue weighted by Crippen LogP contribution is 2.06. The molecular weight excluding hydrogens is 244 g/mol. The zero-order valence-electron chi connectivity index (χ0n) is 11.6. The molecule has 19 heavy (non-hydrogen) atoms. The Labute approximate surface area is 113 Å². The van der Waals surface area contributed by atoms with Crippen molar-refractivity contribution in [1.82, 2.24) is 15.1 Å². The second kappa shape index (κ2) is 8.42. The topological polar surface area (TPSA) is 78.4 Å². The Morgan fingerprint density at radius 1 is 1.26 bits per heavy atom. The van der Waals surface area contributed by atoms with Crippen LogP contribution in [-0.4, -0.2) is 52.4 Å². The molecule has 1 heterocycles. The summed E-state index contributed by atoms with van der Waals surface area (Å²) < 4.78 is 0. The molecule has 0 aliphatic heterocycles. The van der Waals surface area contributed by atoms with Crippen LogP contribution in [0.1, 0.15) is 37.2 Å². The molecule has 0 aliphatic carbocycles. The van der Waals surface area contributed by atoms with Gasteiger partial charge in [0.25, 0.3) is 5.91 Å². The number of aliphatic hydroxyl groups excluding tert-OH is 1. The predicted molar refractivity (Wildman–Crippen MR) is 74.1 cm³/mol. The van der Waals surface area contributed by atoms with E-state index >= 15 is 0 Å². The van der Waals surface area contributed by atoms with Crippen LogP contribution in [0.2, 0.25) is 0 Å². The summed E-state index contributed by atoms with van der Waals surface area (Å²) in [5.74, 6) is 0.480. The van der Waals surface area contributed by atoms with Crippen LogP contribution in [0, 0.1) is 0 Å². The number of aliphatic hydroxyl groups is 1. The Balaban J connectivity index is 2.69. The SMILES string of the molecule is CCCNc1ccc(C(=O)N(CCC)CCO)nn1. The highest BCUT2D eigenvalue weighted by molar-refractivity contribution is 5.92. The molecule has 0 saturated carbocycles. The monoisotopic (exact) mass is 266 g/mol. The fraction of sp³-hybridized carbons (Fsp3) is 0.615. The number of aromatic nitrogens is 2. The highest BCUT2D eigenvalue weighted by atomic mass is 16.3. The van der Waals surface area contributed by atoms with Gasteiger partial charge in [0.1, 0.15) is 5.82 Å². The van der Waals surface area contributed by atoms with E-state index in [1.54, 1.807) is 17.0 Å². The third-order valence-corrected chi connectivity index (χ3v) is 2.59. The molecule has 0 atom stereocenters. The van der Waals surface area contributed by atoms with Crippen molar-refractivity contribution in [2.45, 2.75) is 26.7 Å². The number of anilines is 1. The van der Waals surface area contributed by atoms with Gasteiger partial charge in [0.2, 0.25) is 0 Å². The van der Waals surface area contributed by atoms with Gasteiger partial charge in [-0.2, -0.15) is 0 Å². The number of carbonyl (C=O) groups is 1. The van der Waals surface area contributed by atoms with Gasteiger partial charge in [0, 0.05) is 19.6 Å². The molecule has 106 valence electrons. The number of hydrogen-bond donors (Lipinski definition) is 2. The lowest BCUT2D eigenvalue weighted by Crippen LogP contribution is -2.34. The van der Waals surface area contributed by atoms with E-state index in [1.165, 1.54) is 0 Å². The number of carbonyl (C=O) groups excluding carboxylic acids is 1. The normalized spacial score (nSPS) is 10.3. The summed E-state index contributed by atoms with van der Waals surface area (Å²) >= 11 is 0. The van der Waals surface area contributed by atoms with Crippen molar-refractivity contribution in [1.29, 1.82) is 0 Å². The van der Waals surface area contributed by atoms with Crippen LogP contribution in [-0.2, 0) is 0 Å². The molecule has 2 N–H and O–H groups in total. The van der Waals surface area contributed by atoms with E-state index in [4.69, 9.17) is 5.11 Å². The molecule has 0 bridgehead atoms. The molecule has 1 aromatic rings. The molecule has 0 radical (unpaired) electrons. The van der Waals surface area contributed by atoms with Crippen molar-refractivity contribution >= 4 is 11.7 Å². The van der Waals surface area contributed by atoms with Gasteiger partial charge in [0.05, 0.1) is 6.61 Å². The predicted octanol–water partition coefficient (Wildman–Crippen LogP) is 1.14. The molecule has 0 fully saturated rings. The minimum absolute atomic E-state index is 0.0463. The number of hydrogen-bond acceptors (Lipinski definition) is 5. The van der Waals surface area contributed by atoms with E-state index in [0.29, 0.717) is 24.6 Å². The molecule has 0 aromatic carbocycles. The fourth-order valence-electron chi connectivity index (χ4n) is 1.66. The Bertz CT molecular complexity index is 375. The van der Waals surface area contributed by atoms with E-state index in [1.807, 2.05) is 6.92 Å². The second-order valence-electron chi connectivity index (χ2n) is 4.25. The number of amides is 1. The van der Waals surface area contributed by atoms with Gasteiger partial charge in [-0.05, 0) is 25.0 Å². The van der Waals surface area contributed by atoms with Crippen molar-refractivity contribution in [2.24, 2.45) is 0 Å². The highest BCUT2D eigenvalue weighted by Gasteiger charge is 2.16. The van der Waals surface area contributed by atoms with E-state index in [2.05, 4.69) is 22.4 Å². The van der Waals surface area contributed by atoms with E-state index < -0.39 is 0 Å². The smallest absolute Gasteiger partial charge is 0.274 e. The van der Waals surface area contributed by atoms with Crippen molar-refractivity contribution < 1.29 is 9.90 Å².